The number of piperidine rings is 1. The maximum absolute atomic E-state index is 12.9. The van der Waals surface area contributed by atoms with E-state index in [-0.39, 0.29) is 24.1 Å². The zero-order chi connectivity index (χ0) is 18.0. The molecule has 1 amide bonds. The summed E-state index contributed by atoms with van der Waals surface area (Å²) >= 11 is 0. The van der Waals surface area contributed by atoms with E-state index in [0.29, 0.717) is 19.0 Å². The average molecular weight is 344 g/mol. The molecule has 2 atom stereocenters. The molecule has 0 unspecified atom stereocenters. The third-order valence-electron chi connectivity index (χ3n) is 5.56. The third kappa shape index (κ3) is 3.26. The zero-order valence-electron chi connectivity index (χ0n) is 14.6. The molecular formula is C18H24N4O3. The second-order valence-corrected chi connectivity index (χ2v) is 6.96. The van der Waals surface area contributed by atoms with E-state index in [0.717, 1.165) is 36.7 Å². The van der Waals surface area contributed by atoms with Crippen molar-refractivity contribution >= 4 is 5.91 Å². The van der Waals surface area contributed by atoms with Crippen LogP contribution in [0.5, 0.6) is 0 Å². The second-order valence-electron chi connectivity index (χ2n) is 6.96. The first kappa shape index (κ1) is 17.5. The second kappa shape index (κ2) is 7.26. The van der Waals surface area contributed by atoms with Crippen molar-refractivity contribution in [3.8, 4) is 6.07 Å². The molecule has 7 nitrogen and oxygen atoms in total. The first-order valence-corrected chi connectivity index (χ1v) is 9.10. The van der Waals surface area contributed by atoms with Crippen LogP contribution in [0.1, 0.15) is 51.0 Å². The van der Waals surface area contributed by atoms with Crippen LogP contribution in [0.2, 0.25) is 0 Å². The minimum Gasteiger partial charge on any atom is -0.338 e. The summed E-state index contributed by atoms with van der Waals surface area (Å²) in [6, 6.07) is 2.05. The minimum atomic E-state index is -0.678. The van der Waals surface area contributed by atoms with E-state index >= 15 is 0 Å². The smallest absolute Gasteiger partial charge is 0.331 e. The standard InChI is InChI=1S/C18H24N4O3/c1-2-20-11-14(10-19)17(24)22(18(20)25)12-16(23)21-9-5-7-13-6-3-4-8-15(13)21/h11,13,15H,2-9,12H2,1H3/t13-,15-/m1/s1. The number of aromatic nitrogens is 2. The molecule has 1 aliphatic heterocycles. The van der Waals surface area contributed by atoms with E-state index in [2.05, 4.69) is 0 Å². The minimum absolute atomic E-state index is 0.108. The molecular weight excluding hydrogens is 320 g/mol. The number of carbonyl (C=O) groups is 1. The van der Waals surface area contributed by atoms with Crippen LogP contribution >= 0.6 is 0 Å². The molecule has 1 saturated heterocycles. The lowest BCUT2D eigenvalue weighted by atomic mass is 9.78. The van der Waals surface area contributed by atoms with Crippen LogP contribution in [-0.2, 0) is 17.9 Å². The van der Waals surface area contributed by atoms with Crippen LogP contribution in [0, 0.1) is 17.2 Å². The number of fused-ring (bicyclic) bond motifs is 1. The van der Waals surface area contributed by atoms with Gasteiger partial charge in [-0.3, -0.25) is 14.2 Å². The predicted molar refractivity (Wildman–Crippen MR) is 92.0 cm³/mol. The maximum Gasteiger partial charge on any atom is 0.331 e. The molecule has 1 saturated carbocycles. The quantitative estimate of drug-likeness (QED) is 0.821. The number of carbonyl (C=O) groups excluding carboxylic acids is 1. The molecule has 7 heteroatoms. The van der Waals surface area contributed by atoms with Crippen LogP contribution in [0.4, 0.5) is 0 Å². The Balaban J connectivity index is 1.89. The van der Waals surface area contributed by atoms with Gasteiger partial charge in [0.25, 0.3) is 5.56 Å². The van der Waals surface area contributed by atoms with Gasteiger partial charge in [-0.1, -0.05) is 12.8 Å². The van der Waals surface area contributed by atoms with Crippen molar-refractivity contribution in [2.45, 2.75) is 64.6 Å². The van der Waals surface area contributed by atoms with Crippen molar-refractivity contribution in [1.82, 2.24) is 14.0 Å². The Morgan fingerprint density at radius 2 is 1.96 bits per heavy atom. The summed E-state index contributed by atoms with van der Waals surface area (Å²) in [5.74, 6) is 0.356. The summed E-state index contributed by atoms with van der Waals surface area (Å²) < 4.78 is 2.21. The van der Waals surface area contributed by atoms with Crippen molar-refractivity contribution < 1.29 is 4.79 Å². The molecule has 25 heavy (non-hydrogen) atoms. The number of hydrogen-bond acceptors (Lipinski definition) is 4. The molecule has 1 aliphatic carbocycles. The van der Waals surface area contributed by atoms with Gasteiger partial charge in [-0.25, -0.2) is 9.36 Å². The lowest BCUT2D eigenvalue weighted by Crippen LogP contribution is -2.52. The summed E-state index contributed by atoms with van der Waals surface area (Å²) in [5.41, 5.74) is -1.32. The third-order valence-corrected chi connectivity index (χ3v) is 5.56. The van der Waals surface area contributed by atoms with Crippen molar-refractivity contribution in [1.29, 1.82) is 5.26 Å². The van der Waals surface area contributed by atoms with Crippen LogP contribution < -0.4 is 11.2 Å². The highest BCUT2D eigenvalue weighted by Gasteiger charge is 2.35. The molecule has 2 fully saturated rings. The topological polar surface area (TPSA) is 88.1 Å². The van der Waals surface area contributed by atoms with E-state index in [9.17, 15) is 14.4 Å². The Morgan fingerprint density at radius 3 is 2.68 bits per heavy atom. The number of nitriles is 1. The normalized spacial score (nSPS) is 23.0. The highest BCUT2D eigenvalue weighted by atomic mass is 16.2. The SMILES string of the molecule is CCn1cc(C#N)c(=O)n(CC(=O)N2CCC[C@H]3CCCC[C@H]32)c1=O. The van der Waals surface area contributed by atoms with Gasteiger partial charge in [-0.2, -0.15) is 5.26 Å². The van der Waals surface area contributed by atoms with Gasteiger partial charge in [-0.05, 0) is 38.5 Å². The van der Waals surface area contributed by atoms with Crippen molar-refractivity contribution in [3.05, 3.63) is 32.6 Å². The molecule has 0 aromatic carbocycles. The van der Waals surface area contributed by atoms with Gasteiger partial charge >= 0.3 is 5.69 Å². The maximum atomic E-state index is 12.9. The largest absolute Gasteiger partial charge is 0.338 e. The lowest BCUT2D eigenvalue weighted by Gasteiger charge is -2.44. The van der Waals surface area contributed by atoms with Crippen LogP contribution in [-0.4, -0.2) is 32.5 Å². The van der Waals surface area contributed by atoms with Gasteiger partial charge < -0.3 is 4.90 Å². The fraction of sp³-hybridized carbons (Fsp3) is 0.667. The zero-order valence-corrected chi connectivity index (χ0v) is 14.6. The van der Waals surface area contributed by atoms with Crippen molar-refractivity contribution in [2.75, 3.05) is 6.54 Å². The molecule has 2 aliphatic rings. The summed E-state index contributed by atoms with van der Waals surface area (Å²) in [4.78, 5) is 39.5. The van der Waals surface area contributed by atoms with Crippen molar-refractivity contribution in [3.63, 3.8) is 0 Å². The van der Waals surface area contributed by atoms with E-state index < -0.39 is 11.2 Å². The number of amides is 1. The Bertz CT molecular complexity index is 815. The van der Waals surface area contributed by atoms with E-state index in [1.54, 1.807) is 6.92 Å². The highest BCUT2D eigenvalue weighted by molar-refractivity contribution is 5.76. The van der Waals surface area contributed by atoms with Crippen molar-refractivity contribution in [2.24, 2.45) is 5.92 Å². The molecule has 1 aromatic heterocycles. The van der Waals surface area contributed by atoms with E-state index in [4.69, 9.17) is 5.26 Å². The number of rotatable bonds is 3. The molecule has 0 N–H and O–H groups in total. The number of aryl methyl sites for hydroxylation is 1. The summed E-state index contributed by atoms with van der Waals surface area (Å²) in [7, 11) is 0. The summed E-state index contributed by atoms with van der Waals surface area (Å²) in [5, 5.41) is 9.12. The van der Waals surface area contributed by atoms with Gasteiger partial charge in [-0.15, -0.1) is 0 Å². The van der Waals surface area contributed by atoms with Crippen LogP contribution in [0.25, 0.3) is 0 Å². The van der Waals surface area contributed by atoms with Crippen LogP contribution in [0.3, 0.4) is 0 Å². The molecule has 2 heterocycles. The highest BCUT2D eigenvalue weighted by Crippen LogP contribution is 2.35. The Morgan fingerprint density at radius 1 is 1.24 bits per heavy atom. The Kier molecular flexibility index (Phi) is 5.07. The van der Waals surface area contributed by atoms with Gasteiger partial charge in [0.2, 0.25) is 5.91 Å². The number of nitrogens with zero attached hydrogens (tertiary/aromatic N) is 4. The number of likely N-dealkylation sites (tertiary alicyclic amines) is 1. The molecule has 0 bridgehead atoms. The number of hydrogen-bond donors (Lipinski definition) is 0. The predicted octanol–water partition coefficient (Wildman–Crippen LogP) is 1.08. The summed E-state index contributed by atoms with van der Waals surface area (Å²) in [6.07, 6.45) is 7.89. The lowest BCUT2D eigenvalue weighted by molar-refractivity contribution is -0.138. The fourth-order valence-electron chi connectivity index (χ4n) is 4.26. The molecule has 134 valence electrons. The van der Waals surface area contributed by atoms with E-state index in [1.165, 1.54) is 17.2 Å². The molecule has 0 radical (unpaired) electrons. The van der Waals surface area contributed by atoms with E-state index in [1.807, 2.05) is 11.0 Å². The monoisotopic (exact) mass is 344 g/mol. The fourth-order valence-corrected chi connectivity index (χ4v) is 4.26. The first-order chi connectivity index (χ1) is 12.1. The Hall–Kier alpha value is -2.36. The first-order valence-electron chi connectivity index (χ1n) is 9.10. The van der Waals surface area contributed by atoms with Crippen LogP contribution in [0.15, 0.2) is 15.8 Å². The molecule has 1 aromatic rings. The molecule has 0 spiro atoms. The van der Waals surface area contributed by atoms with Gasteiger partial charge in [0.05, 0.1) is 0 Å². The Labute approximate surface area is 146 Å². The molecule has 3 rings (SSSR count). The van der Waals surface area contributed by atoms with Gasteiger partial charge in [0.1, 0.15) is 18.2 Å². The van der Waals surface area contributed by atoms with Gasteiger partial charge in [0, 0.05) is 25.3 Å². The summed E-state index contributed by atoms with van der Waals surface area (Å²) in [6.45, 7) is 2.51. The average Bonchev–Trinajstić information content (AvgIpc) is 2.64. The van der Waals surface area contributed by atoms with Gasteiger partial charge in [0.15, 0.2) is 0 Å².